The number of nitrogens with zero attached hydrogens (tertiary/aromatic N) is 1. The number of carbonyl (C=O) groups excluding carboxylic acids is 1. The second-order valence-electron chi connectivity index (χ2n) is 9.25. The van der Waals surface area contributed by atoms with Gasteiger partial charge in [-0.05, 0) is 54.2 Å². The van der Waals surface area contributed by atoms with Gasteiger partial charge in [0.05, 0.1) is 12.3 Å². The Morgan fingerprint density at radius 1 is 1.00 bits per heavy atom. The molecule has 4 rings (SSSR count). The molecule has 2 atom stereocenters. The van der Waals surface area contributed by atoms with Crippen molar-refractivity contribution < 1.29 is 22.3 Å². The number of halogens is 1. The van der Waals surface area contributed by atoms with Gasteiger partial charge in [0.2, 0.25) is 10.0 Å². The molecule has 6 nitrogen and oxygen atoms in total. The number of hydrogen-bond donors (Lipinski definition) is 1. The van der Waals surface area contributed by atoms with Crippen molar-refractivity contribution in [1.82, 2.24) is 9.62 Å². The average Bonchev–Trinajstić information content (AvgIpc) is 2.87. The molecular formula is C28H31FN2O4S. The molecule has 36 heavy (non-hydrogen) atoms. The molecule has 1 saturated heterocycles. The van der Waals surface area contributed by atoms with Crippen molar-refractivity contribution >= 4 is 16.1 Å². The Kier molecular flexibility index (Phi) is 7.76. The zero-order valence-corrected chi connectivity index (χ0v) is 21.3. The van der Waals surface area contributed by atoms with Crippen LogP contribution >= 0.6 is 0 Å². The number of hydrogen-bond acceptors (Lipinski definition) is 4. The van der Waals surface area contributed by atoms with Crippen LogP contribution in [0.25, 0.3) is 11.1 Å². The van der Waals surface area contributed by atoms with Crippen LogP contribution in [0.15, 0.2) is 78.9 Å². The number of nitrogens with one attached hydrogen (secondary N) is 1. The molecule has 0 saturated carbocycles. The minimum absolute atomic E-state index is 0.194. The number of amides is 1. The van der Waals surface area contributed by atoms with E-state index < -0.39 is 21.7 Å². The summed E-state index contributed by atoms with van der Waals surface area (Å²) in [5.74, 6) is -0.272. The molecule has 190 valence electrons. The summed E-state index contributed by atoms with van der Waals surface area (Å²) in [7, 11) is -3.28. The van der Waals surface area contributed by atoms with Crippen molar-refractivity contribution in [1.29, 1.82) is 0 Å². The molecule has 3 aromatic rings. The molecule has 0 aromatic heterocycles. The lowest BCUT2D eigenvalue weighted by atomic mass is 9.84. The van der Waals surface area contributed by atoms with Gasteiger partial charge >= 0.3 is 6.09 Å². The van der Waals surface area contributed by atoms with Gasteiger partial charge in [-0.3, -0.25) is 0 Å². The maximum Gasteiger partial charge on any atom is 0.411 e. The second-order valence-corrected chi connectivity index (χ2v) is 11.1. The van der Waals surface area contributed by atoms with Gasteiger partial charge in [-0.1, -0.05) is 66.7 Å². The molecule has 1 aliphatic heterocycles. The second kappa shape index (κ2) is 10.8. The van der Waals surface area contributed by atoms with E-state index in [4.69, 9.17) is 4.74 Å². The minimum atomic E-state index is -3.28. The summed E-state index contributed by atoms with van der Waals surface area (Å²) in [6.45, 7) is 2.76. The first-order chi connectivity index (χ1) is 17.2. The van der Waals surface area contributed by atoms with Crippen molar-refractivity contribution in [2.75, 3.05) is 19.3 Å². The lowest BCUT2D eigenvalue weighted by Crippen LogP contribution is -2.49. The van der Waals surface area contributed by atoms with Gasteiger partial charge in [-0.15, -0.1) is 0 Å². The number of benzene rings is 3. The highest BCUT2D eigenvalue weighted by Crippen LogP contribution is 2.40. The fourth-order valence-electron chi connectivity index (χ4n) is 4.69. The Morgan fingerprint density at radius 2 is 1.61 bits per heavy atom. The van der Waals surface area contributed by atoms with Crippen molar-refractivity contribution in [2.24, 2.45) is 0 Å². The summed E-state index contributed by atoms with van der Waals surface area (Å²) in [4.78, 5) is 15.0. The van der Waals surface area contributed by atoms with Crippen molar-refractivity contribution in [2.45, 2.75) is 37.8 Å². The predicted octanol–water partition coefficient (Wildman–Crippen LogP) is 5.62. The monoisotopic (exact) mass is 510 g/mol. The lowest BCUT2D eigenvalue weighted by Gasteiger charge is -2.43. The molecule has 0 bridgehead atoms. The highest BCUT2D eigenvalue weighted by molar-refractivity contribution is 7.88. The zero-order chi connectivity index (χ0) is 25.8. The van der Waals surface area contributed by atoms with Crippen LogP contribution in [0.4, 0.5) is 9.18 Å². The average molecular weight is 511 g/mol. The zero-order valence-electron chi connectivity index (χ0n) is 20.5. The first kappa shape index (κ1) is 25.9. The van der Waals surface area contributed by atoms with Crippen LogP contribution < -0.4 is 4.72 Å². The standard InChI is InChI=1S/C28H31FN2O4S/c1-21(22-9-11-23(12-10-22)24-13-15-26(29)16-14-24)31-20-18-28(35-27(31)32,25-7-4-3-5-8-25)17-6-19-30-36(2,33)34/h3-5,7-16,21,30H,6,17-20H2,1-2H3/t21-,28?/m0/s1. The van der Waals surface area contributed by atoms with Gasteiger partial charge in [-0.2, -0.15) is 0 Å². The number of ether oxygens (including phenoxy) is 1. The van der Waals surface area contributed by atoms with E-state index in [1.807, 2.05) is 61.5 Å². The topological polar surface area (TPSA) is 75.7 Å². The summed E-state index contributed by atoms with van der Waals surface area (Å²) in [6, 6.07) is 23.7. The van der Waals surface area contributed by atoms with Crippen LogP contribution in [0.5, 0.6) is 0 Å². The Bertz CT molecular complexity index is 1280. The summed E-state index contributed by atoms with van der Waals surface area (Å²) >= 11 is 0. The number of rotatable bonds is 9. The molecule has 1 unspecified atom stereocenters. The predicted molar refractivity (Wildman–Crippen MR) is 138 cm³/mol. The van der Waals surface area contributed by atoms with Crippen LogP contribution in [0.2, 0.25) is 0 Å². The fraction of sp³-hybridized carbons (Fsp3) is 0.321. The Labute approximate surface area is 212 Å². The van der Waals surface area contributed by atoms with Gasteiger partial charge in [-0.25, -0.2) is 22.3 Å². The number of sulfonamides is 1. The van der Waals surface area contributed by atoms with E-state index in [2.05, 4.69) is 4.72 Å². The molecule has 1 fully saturated rings. The molecule has 1 N–H and O–H groups in total. The number of cyclic esters (lactones) is 1. The van der Waals surface area contributed by atoms with Gasteiger partial charge < -0.3 is 9.64 Å². The Balaban J connectivity index is 1.47. The van der Waals surface area contributed by atoms with E-state index in [0.717, 1.165) is 28.5 Å². The van der Waals surface area contributed by atoms with E-state index >= 15 is 0 Å². The molecule has 0 radical (unpaired) electrons. The molecule has 8 heteroatoms. The maximum atomic E-state index is 13.3. The van der Waals surface area contributed by atoms with Crippen LogP contribution in [-0.4, -0.2) is 38.8 Å². The van der Waals surface area contributed by atoms with Crippen LogP contribution in [-0.2, 0) is 20.4 Å². The fourth-order valence-corrected chi connectivity index (χ4v) is 5.21. The van der Waals surface area contributed by atoms with E-state index in [1.54, 1.807) is 17.0 Å². The van der Waals surface area contributed by atoms with Crippen LogP contribution in [0.1, 0.15) is 43.4 Å². The molecule has 0 aliphatic carbocycles. The lowest BCUT2D eigenvalue weighted by molar-refractivity contribution is -0.0662. The largest absolute Gasteiger partial charge is 0.438 e. The van der Waals surface area contributed by atoms with Gasteiger partial charge in [0.25, 0.3) is 0 Å². The van der Waals surface area contributed by atoms with Crippen LogP contribution in [0.3, 0.4) is 0 Å². The van der Waals surface area contributed by atoms with E-state index in [9.17, 15) is 17.6 Å². The summed E-state index contributed by atoms with van der Waals surface area (Å²) in [6.07, 6.45) is 2.39. The number of carbonyl (C=O) groups is 1. The van der Waals surface area contributed by atoms with Crippen molar-refractivity contribution in [3.8, 4) is 11.1 Å². The molecule has 1 heterocycles. The first-order valence-electron chi connectivity index (χ1n) is 12.0. The normalized spacial score (nSPS) is 19.1. The highest BCUT2D eigenvalue weighted by atomic mass is 32.2. The van der Waals surface area contributed by atoms with Gasteiger partial charge in [0.15, 0.2) is 0 Å². The third-order valence-corrected chi connectivity index (χ3v) is 7.46. The smallest absolute Gasteiger partial charge is 0.411 e. The quantitative estimate of drug-likeness (QED) is 0.379. The Hall–Kier alpha value is -3.23. The maximum absolute atomic E-state index is 13.3. The highest BCUT2D eigenvalue weighted by Gasteiger charge is 2.43. The third kappa shape index (κ3) is 6.12. The van der Waals surface area contributed by atoms with Gasteiger partial charge in [0, 0.05) is 19.5 Å². The molecule has 3 aromatic carbocycles. The molecular weight excluding hydrogens is 479 g/mol. The molecule has 1 aliphatic rings. The third-order valence-electron chi connectivity index (χ3n) is 6.73. The summed E-state index contributed by atoms with van der Waals surface area (Å²) in [5.41, 5.74) is 2.97. The molecule has 1 amide bonds. The van der Waals surface area contributed by atoms with Crippen LogP contribution in [0, 0.1) is 5.82 Å². The SMILES string of the molecule is C[C@@H](c1ccc(-c2ccc(F)cc2)cc1)N1CCC(CCCNS(C)(=O)=O)(c2ccccc2)OC1=O. The van der Waals surface area contributed by atoms with Crippen molar-refractivity contribution in [3.63, 3.8) is 0 Å². The molecule has 0 spiro atoms. The summed E-state index contributed by atoms with van der Waals surface area (Å²) in [5, 5.41) is 0. The minimum Gasteiger partial charge on any atom is -0.438 e. The van der Waals surface area contributed by atoms with Crippen molar-refractivity contribution in [3.05, 3.63) is 95.8 Å². The van der Waals surface area contributed by atoms with E-state index in [1.165, 1.54) is 12.1 Å². The van der Waals surface area contributed by atoms with E-state index in [0.29, 0.717) is 25.8 Å². The first-order valence-corrected chi connectivity index (χ1v) is 13.9. The summed E-state index contributed by atoms with van der Waals surface area (Å²) < 4.78 is 44.7. The van der Waals surface area contributed by atoms with E-state index in [-0.39, 0.29) is 18.4 Å². The van der Waals surface area contributed by atoms with Gasteiger partial charge in [0.1, 0.15) is 11.4 Å². The Morgan fingerprint density at radius 3 is 2.19 bits per heavy atom.